The van der Waals surface area contributed by atoms with Gasteiger partial charge in [-0.25, -0.2) is 0 Å². The van der Waals surface area contributed by atoms with Crippen molar-refractivity contribution in [3.05, 3.63) is 125 Å². The molecule has 4 aromatic rings. The van der Waals surface area contributed by atoms with Gasteiger partial charge in [-0.2, -0.15) is 0 Å². The van der Waals surface area contributed by atoms with Gasteiger partial charge in [0.05, 0.1) is 11.4 Å². The molecule has 2 aromatic heterocycles. The lowest BCUT2D eigenvalue weighted by atomic mass is 9.83. The second-order valence-corrected chi connectivity index (χ2v) is 10.3. The Morgan fingerprint density at radius 3 is 2.52 bits per heavy atom. The van der Waals surface area contributed by atoms with Crippen molar-refractivity contribution in [1.82, 2.24) is 9.55 Å². The molecule has 200 valence electrons. The molecule has 2 bridgehead atoms. The number of nitrogens with one attached hydrogen (secondary N) is 2. The lowest BCUT2D eigenvalue weighted by molar-refractivity contribution is -0.111. The molecule has 2 aromatic carbocycles. The normalized spacial score (nSPS) is 17.8. The number of rotatable bonds is 6. The lowest BCUT2D eigenvalue weighted by Gasteiger charge is -2.44. The summed E-state index contributed by atoms with van der Waals surface area (Å²) in [5.41, 5.74) is 4.50. The summed E-state index contributed by atoms with van der Waals surface area (Å²) < 4.78 is 1.90. The summed E-state index contributed by atoms with van der Waals surface area (Å²) in [6.45, 7) is 2.14. The van der Waals surface area contributed by atoms with E-state index in [4.69, 9.17) is 0 Å². The highest BCUT2D eigenvalue weighted by Crippen LogP contribution is 2.39. The van der Waals surface area contributed by atoms with Crippen molar-refractivity contribution in [3.8, 4) is 0 Å². The molecular weight excluding hydrogens is 502 g/mol. The average molecular weight is 532 g/mol. The van der Waals surface area contributed by atoms with E-state index in [1.54, 1.807) is 48.8 Å². The molecule has 0 aliphatic carbocycles. The fraction of sp³-hybridized carbons (Fsp3) is 0.188. The molecule has 6 rings (SSSR count). The third kappa shape index (κ3) is 5.42. The predicted octanol–water partition coefficient (Wildman–Crippen LogP) is 4.77. The van der Waals surface area contributed by atoms with Gasteiger partial charge >= 0.3 is 0 Å². The van der Waals surface area contributed by atoms with E-state index in [1.165, 1.54) is 6.08 Å². The first-order valence-electron chi connectivity index (χ1n) is 13.4. The highest BCUT2D eigenvalue weighted by atomic mass is 16.2. The van der Waals surface area contributed by atoms with E-state index in [9.17, 15) is 14.4 Å². The average Bonchev–Trinajstić information content (AvgIpc) is 2.97. The molecule has 0 spiro atoms. The maximum atomic E-state index is 13.1. The number of hydrogen-bond donors (Lipinski definition) is 2. The monoisotopic (exact) mass is 531 g/mol. The molecular formula is C32H29N5O3. The summed E-state index contributed by atoms with van der Waals surface area (Å²) >= 11 is 0. The van der Waals surface area contributed by atoms with Crippen molar-refractivity contribution in [1.29, 1.82) is 0 Å². The van der Waals surface area contributed by atoms with E-state index in [1.807, 2.05) is 53.1 Å². The minimum Gasteiger partial charge on any atom is -0.369 e. The van der Waals surface area contributed by atoms with Gasteiger partial charge in [-0.3, -0.25) is 19.4 Å². The molecule has 2 aliphatic rings. The quantitative estimate of drug-likeness (QED) is 0.350. The van der Waals surface area contributed by atoms with Gasteiger partial charge in [-0.1, -0.05) is 36.4 Å². The van der Waals surface area contributed by atoms with Crippen molar-refractivity contribution in [2.24, 2.45) is 5.92 Å². The zero-order valence-corrected chi connectivity index (χ0v) is 21.9. The molecule has 0 radical (unpaired) electrons. The lowest BCUT2D eigenvalue weighted by Crippen LogP contribution is -2.47. The summed E-state index contributed by atoms with van der Waals surface area (Å²) in [6, 6.07) is 23.9. The molecule has 8 nitrogen and oxygen atoms in total. The molecule has 0 saturated carbocycles. The first-order chi connectivity index (χ1) is 19.5. The van der Waals surface area contributed by atoms with Gasteiger partial charge in [0.1, 0.15) is 0 Å². The minimum absolute atomic E-state index is 0.0448. The maximum Gasteiger partial charge on any atom is 0.255 e. The van der Waals surface area contributed by atoms with Crippen molar-refractivity contribution < 1.29 is 9.59 Å². The summed E-state index contributed by atoms with van der Waals surface area (Å²) in [7, 11) is 0. The summed E-state index contributed by atoms with van der Waals surface area (Å²) in [6.07, 6.45) is 7.51. The maximum absolute atomic E-state index is 13.1. The molecule has 4 heterocycles. The molecule has 1 saturated heterocycles. The third-order valence-electron chi connectivity index (χ3n) is 7.50. The molecule has 2 aliphatic heterocycles. The van der Waals surface area contributed by atoms with E-state index in [2.05, 4.69) is 20.5 Å². The summed E-state index contributed by atoms with van der Waals surface area (Å²) in [5, 5.41) is 5.90. The Kier molecular flexibility index (Phi) is 6.97. The fourth-order valence-corrected chi connectivity index (χ4v) is 5.70. The minimum atomic E-state index is -0.286. The Balaban J connectivity index is 1.30. The van der Waals surface area contributed by atoms with E-state index in [-0.39, 0.29) is 23.3 Å². The topological polar surface area (TPSA) is 96.3 Å². The first-order valence-corrected chi connectivity index (χ1v) is 13.4. The molecule has 2 amide bonds. The first kappa shape index (κ1) is 25.3. The Morgan fingerprint density at radius 1 is 0.875 bits per heavy atom. The number of fused-ring (bicyclic) bond motifs is 4. The number of anilines is 3. The molecule has 2 N–H and O–H groups in total. The number of hydrogen-bond acceptors (Lipinski definition) is 5. The van der Waals surface area contributed by atoms with Gasteiger partial charge in [-0.05, 0) is 60.4 Å². The van der Waals surface area contributed by atoms with Crippen LogP contribution in [0, 0.1) is 5.92 Å². The number of carbonyl (C=O) groups is 2. The van der Waals surface area contributed by atoms with Gasteiger partial charge in [0.15, 0.2) is 0 Å². The van der Waals surface area contributed by atoms with Crippen LogP contribution in [0.5, 0.6) is 0 Å². The van der Waals surface area contributed by atoms with Crippen molar-refractivity contribution in [3.63, 3.8) is 0 Å². The third-order valence-corrected chi connectivity index (χ3v) is 7.50. The Morgan fingerprint density at radius 2 is 1.70 bits per heavy atom. The van der Waals surface area contributed by atoms with E-state index >= 15 is 0 Å². The summed E-state index contributed by atoms with van der Waals surface area (Å²) in [5.74, 6) is -0.0528. The Hall–Kier alpha value is -4.98. The molecule has 1 fully saturated rings. The highest BCUT2D eigenvalue weighted by Gasteiger charge is 2.35. The predicted molar refractivity (Wildman–Crippen MR) is 157 cm³/mol. The largest absolute Gasteiger partial charge is 0.369 e. The smallest absolute Gasteiger partial charge is 0.255 e. The standard InChI is InChI=1S/C32H29N5O3/c38-30(12-9-22-5-2-1-3-6-22)35-27-18-24(32(40)34-26-13-15-33-16-14-26)10-11-29(27)36-19-23-17-25(21-36)28-7-4-8-31(39)37(28)20-23/h1-16,18,23,25H,17,19-21H2,(H,35,38)(H,33,34,40). The Labute approximate surface area is 232 Å². The van der Waals surface area contributed by atoms with Gasteiger partial charge in [0, 0.05) is 67.0 Å². The van der Waals surface area contributed by atoms with Gasteiger partial charge in [-0.15, -0.1) is 0 Å². The number of pyridine rings is 2. The zero-order chi connectivity index (χ0) is 27.5. The van der Waals surface area contributed by atoms with Gasteiger partial charge in [0.2, 0.25) is 5.91 Å². The van der Waals surface area contributed by atoms with Crippen LogP contribution in [0.2, 0.25) is 0 Å². The van der Waals surface area contributed by atoms with Crippen molar-refractivity contribution in [2.75, 3.05) is 28.6 Å². The van der Waals surface area contributed by atoms with Crippen LogP contribution in [0.25, 0.3) is 6.08 Å². The molecule has 8 heteroatoms. The molecule has 2 unspecified atom stereocenters. The van der Waals surface area contributed by atoms with Crippen LogP contribution < -0.4 is 21.1 Å². The van der Waals surface area contributed by atoms with E-state index in [0.29, 0.717) is 35.9 Å². The van der Waals surface area contributed by atoms with Crippen LogP contribution in [-0.2, 0) is 11.3 Å². The zero-order valence-electron chi connectivity index (χ0n) is 21.9. The van der Waals surface area contributed by atoms with Crippen LogP contribution in [0.4, 0.5) is 17.1 Å². The van der Waals surface area contributed by atoms with Crippen LogP contribution >= 0.6 is 0 Å². The number of benzene rings is 2. The van der Waals surface area contributed by atoms with E-state index < -0.39 is 0 Å². The highest BCUT2D eigenvalue weighted by molar-refractivity contribution is 6.08. The van der Waals surface area contributed by atoms with Crippen LogP contribution in [0.1, 0.15) is 34.0 Å². The second kappa shape index (κ2) is 11.0. The molecule has 40 heavy (non-hydrogen) atoms. The Bertz CT molecular complexity index is 1630. The van der Waals surface area contributed by atoms with E-state index in [0.717, 1.165) is 29.9 Å². The number of nitrogens with zero attached hydrogens (tertiary/aromatic N) is 3. The van der Waals surface area contributed by atoms with Crippen LogP contribution in [0.15, 0.2) is 102 Å². The van der Waals surface area contributed by atoms with Crippen molar-refractivity contribution >= 4 is 35.0 Å². The summed E-state index contributed by atoms with van der Waals surface area (Å²) in [4.78, 5) is 44.8. The number of aromatic nitrogens is 2. The fourth-order valence-electron chi connectivity index (χ4n) is 5.70. The number of piperidine rings is 1. The van der Waals surface area contributed by atoms with Gasteiger partial charge in [0.25, 0.3) is 11.5 Å². The SMILES string of the molecule is O=C(C=Cc1ccccc1)Nc1cc(C(=O)Nc2ccncc2)ccc1N1CC2CC(C1)c1cccc(=O)n1C2. The van der Waals surface area contributed by atoms with Crippen molar-refractivity contribution in [2.45, 2.75) is 18.9 Å². The van der Waals surface area contributed by atoms with Crippen LogP contribution in [-0.4, -0.2) is 34.5 Å². The second-order valence-electron chi connectivity index (χ2n) is 10.3. The molecule has 2 atom stereocenters. The van der Waals surface area contributed by atoms with Crippen LogP contribution in [0.3, 0.4) is 0 Å². The number of carbonyl (C=O) groups excluding carboxylic acids is 2. The number of amides is 2. The van der Waals surface area contributed by atoms with Gasteiger partial charge < -0.3 is 20.1 Å².